The third kappa shape index (κ3) is 2.89. The minimum atomic E-state index is -1.10. The molecule has 0 aromatic heterocycles. The van der Waals surface area contributed by atoms with Gasteiger partial charge in [0, 0.05) is 22.9 Å². The van der Waals surface area contributed by atoms with Gasteiger partial charge in [-0.25, -0.2) is 9.18 Å². The zero-order valence-corrected chi connectivity index (χ0v) is 14.0. The van der Waals surface area contributed by atoms with Crippen molar-refractivity contribution >= 4 is 24.9 Å². The fraction of sp³-hybridized carbons (Fsp3) is 0.444. The Kier molecular flexibility index (Phi) is 4.78. The van der Waals surface area contributed by atoms with E-state index in [-0.39, 0.29) is 11.2 Å². The van der Waals surface area contributed by atoms with Crippen LogP contribution in [0.1, 0.15) is 24.8 Å². The lowest BCUT2D eigenvalue weighted by atomic mass is 9.67. The minimum Gasteiger partial charge on any atom is -0.478 e. The van der Waals surface area contributed by atoms with Crippen LogP contribution in [0.2, 0.25) is 0 Å². The van der Waals surface area contributed by atoms with E-state index in [1.54, 1.807) is 18.2 Å². The number of carboxylic acids is 1. The van der Waals surface area contributed by atoms with E-state index in [0.29, 0.717) is 24.1 Å². The van der Waals surface area contributed by atoms with E-state index in [1.807, 2.05) is 0 Å². The lowest BCUT2D eigenvalue weighted by molar-refractivity contribution is -0.131. The Morgan fingerprint density at radius 1 is 1.33 bits per heavy atom. The molecule has 128 valence electrons. The highest BCUT2D eigenvalue weighted by Gasteiger charge is 2.55. The van der Waals surface area contributed by atoms with Gasteiger partial charge in [-0.15, -0.1) is 0 Å². The van der Waals surface area contributed by atoms with Gasteiger partial charge >= 0.3 is 5.97 Å². The number of hydrogen-bond acceptors (Lipinski definition) is 4. The average molecular weight is 349 g/mol. The highest BCUT2D eigenvalue weighted by molar-refractivity contribution is 7.81. The molecule has 0 amide bonds. The Labute approximate surface area is 145 Å². The third-order valence-electron chi connectivity index (χ3n) is 5.04. The van der Waals surface area contributed by atoms with Crippen LogP contribution < -0.4 is 5.32 Å². The number of carbonyl (C=O) groups is 2. The number of nitrogens with one attached hydrogen (secondary N) is 1. The number of hydrogen-bond donors (Lipinski definition) is 3. The molecule has 1 saturated heterocycles. The van der Waals surface area contributed by atoms with Crippen molar-refractivity contribution in [3.63, 3.8) is 0 Å². The predicted octanol–water partition coefficient (Wildman–Crippen LogP) is 2.34. The Balaban J connectivity index is 2.17. The molecule has 1 aromatic rings. The van der Waals surface area contributed by atoms with Gasteiger partial charge in [0.05, 0.1) is 5.41 Å². The fourth-order valence-electron chi connectivity index (χ4n) is 3.82. The lowest BCUT2D eigenvalue weighted by Crippen LogP contribution is -2.57. The smallest absolute Gasteiger partial charge is 0.328 e. The van der Waals surface area contributed by atoms with Crippen molar-refractivity contribution in [3.05, 3.63) is 47.3 Å². The molecule has 2 fully saturated rings. The second kappa shape index (κ2) is 6.69. The van der Waals surface area contributed by atoms with Crippen LogP contribution >= 0.6 is 12.6 Å². The van der Waals surface area contributed by atoms with Crippen molar-refractivity contribution in [2.24, 2.45) is 5.92 Å². The van der Waals surface area contributed by atoms with Crippen molar-refractivity contribution < 1.29 is 19.1 Å². The van der Waals surface area contributed by atoms with Crippen LogP contribution in [0.5, 0.6) is 0 Å². The number of carboxylic acid groups (broad SMARTS) is 1. The molecule has 3 rings (SSSR count). The number of rotatable bonds is 5. The largest absolute Gasteiger partial charge is 0.478 e. The van der Waals surface area contributed by atoms with Crippen molar-refractivity contribution in [3.8, 4) is 0 Å². The molecule has 0 bridgehead atoms. The molecule has 0 spiro atoms. The van der Waals surface area contributed by atoms with E-state index in [9.17, 15) is 19.1 Å². The first-order chi connectivity index (χ1) is 11.5. The lowest BCUT2D eigenvalue weighted by Gasteiger charge is -2.43. The summed E-state index contributed by atoms with van der Waals surface area (Å²) in [7, 11) is 0. The maximum atomic E-state index is 14.6. The number of halogens is 1. The molecule has 3 atom stereocenters. The van der Waals surface area contributed by atoms with Crippen LogP contribution in [0.4, 0.5) is 4.39 Å². The maximum absolute atomic E-state index is 14.6. The molecule has 1 saturated carbocycles. The number of benzene rings is 1. The summed E-state index contributed by atoms with van der Waals surface area (Å²) in [5.41, 5.74) is -0.230. The van der Waals surface area contributed by atoms with Crippen LogP contribution in [0.25, 0.3) is 0 Å². The van der Waals surface area contributed by atoms with Gasteiger partial charge in [0.1, 0.15) is 12.1 Å². The Morgan fingerprint density at radius 3 is 2.62 bits per heavy atom. The van der Waals surface area contributed by atoms with Gasteiger partial charge in [0.25, 0.3) is 0 Å². The molecular formula is C18H20FNO3S. The van der Waals surface area contributed by atoms with E-state index in [0.717, 1.165) is 25.2 Å². The number of aliphatic carboxylic acids is 1. The summed E-state index contributed by atoms with van der Waals surface area (Å²) in [5.74, 6) is -1.52. The third-order valence-corrected chi connectivity index (χ3v) is 5.60. The first-order valence-electron chi connectivity index (χ1n) is 8.08. The van der Waals surface area contributed by atoms with Crippen LogP contribution in [0, 0.1) is 11.7 Å². The quantitative estimate of drug-likeness (QED) is 0.434. The molecule has 2 aliphatic rings. The second-order valence-electron chi connectivity index (χ2n) is 6.48. The zero-order chi connectivity index (χ0) is 17.3. The monoisotopic (exact) mass is 349 g/mol. The van der Waals surface area contributed by atoms with Gasteiger partial charge in [0.2, 0.25) is 0 Å². The van der Waals surface area contributed by atoms with Crippen LogP contribution in [0.3, 0.4) is 0 Å². The molecule has 3 unspecified atom stereocenters. The molecule has 6 heteroatoms. The number of thiol groups is 1. The second-order valence-corrected chi connectivity index (χ2v) is 7.10. The molecule has 24 heavy (non-hydrogen) atoms. The van der Waals surface area contributed by atoms with E-state index < -0.39 is 23.2 Å². The fourth-order valence-corrected chi connectivity index (χ4v) is 4.17. The van der Waals surface area contributed by atoms with Gasteiger partial charge in [-0.2, -0.15) is 12.6 Å². The normalized spacial score (nSPS) is 28.3. The van der Waals surface area contributed by atoms with E-state index in [2.05, 4.69) is 17.9 Å². The summed E-state index contributed by atoms with van der Waals surface area (Å²) in [6, 6.07) is 5.71. The standard InChI is InChI=1S/C18H20FNO3S/c19-14-4-2-1-3-13(14)18(10-21,11-5-6-11)17-12(9-16(22)23)15(24)7-8-20-17/h1-4,9-11,15,17,20,24H,5-8H2,(H,22,23). The molecule has 1 heterocycles. The first-order valence-corrected chi connectivity index (χ1v) is 8.59. The molecule has 1 aliphatic heterocycles. The van der Waals surface area contributed by atoms with Crippen molar-refractivity contribution in [1.29, 1.82) is 0 Å². The summed E-state index contributed by atoms with van der Waals surface area (Å²) in [4.78, 5) is 23.6. The Bertz CT molecular complexity index is 689. The molecular weight excluding hydrogens is 329 g/mol. The number of carbonyl (C=O) groups excluding carboxylic acids is 1. The van der Waals surface area contributed by atoms with E-state index in [4.69, 9.17) is 0 Å². The summed E-state index contributed by atoms with van der Waals surface area (Å²) >= 11 is 4.51. The van der Waals surface area contributed by atoms with Crippen LogP contribution in [-0.4, -0.2) is 35.2 Å². The zero-order valence-electron chi connectivity index (χ0n) is 13.1. The first kappa shape index (κ1) is 17.2. The number of aldehydes is 1. The van der Waals surface area contributed by atoms with Crippen molar-refractivity contribution in [2.45, 2.75) is 36.0 Å². The van der Waals surface area contributed by atoms with E-state index >= 15 is 0 Å². The van der Waals surface area contributed by atoms with Gasteiger partial charge < -0.3 is 15.2 Å². The van der Waals surface area contributed by atoms with Crippen molar-refractivity contribution in [1.82, 2.24) is 5.32 Å². The average Bonchev–Trinajstić information content (AvgIpc) is 3.38. The maximum Gasteiger partial charge on any atom is 0.328 e. The van der Waals surface area contributed by atoms with Crippen LogP contribution in [0.15, 0.2) is 35.9 Å². The van der Waals surface area contributed by atoms with Crippen molar-refractivity contribution in [2.75, 3.05) is 6.54 Å². The van der Waals surface area contributed by atoms with Crippen LogP contribution in [-0.2, 0) is 15.0 Å². The molecule has 2 N–H and O–H groups in total. The summed E-state index contributed by atoms with van der Waals surface area (Å²) in [5, 5.41) is 12.2. The highest BCUT2D eigenvalue weighted by atomic mass is 32.1. The summed E-state index contributed by atoms with van der Waals surface area (Å²) in [6.45, 7) is 0.604. The molecule has 1 aromatic carbocycles. The predicted molar refractivity (Wildman–Crippen MR) is 91.8 cm³/mol. The highest BCUT2D eigenvalue weighted by Crippen LogP contribution is 2.51. The molecule has 4 nitrogen and oxygen atoms in total. The SMILES string of the molecule is O=CC(c1ccccc1F)(C1CC1)C1NCCC(S)C1=CC(=O)O. The summed E-state index contributed by atoms with van der Waals surface area (Å²) in [6.07, 6.45) is 4.24. The van der Waals surface area contributed by atoms with Gasteiger partial charge in [-0.1, -0.05) is 18.2 Å². The Morgan fingerprint density at radius 2 is 2.04 bits per heavy atom. The van der Waals surface area contributed by atoms with Gasteiger partial charge in [-0.3, -0.25) is 0 Å². The topological polar surface area (TPSA) is 66.4 Å². The number of piperidine rings is 1. The molecule has 0 radical (unpaired) electrons. The summed E-state index contributed by atoms with van der Waals surface area (Å²) < 4.78 is 14.6. The van der Waals surface area contributed by atoms with Gasteiger partial charge in [0.15, 0.2) is 0 Å². The minimum absolute atomic E-state index is 0.000211. The molecule has 1 aliphatic carbocycles. The van der Waals surface area contributed by atoms with E-state index in [1.165, 1.54) is 6.07 Å². The van der Waals surface area contributed by atoms with Gasteiger partial charge in [-0.05, 0) is 43.4 Å². The Hall–Kier alpha value is -1.66.